The molecule has 0 aliphatic carbocycles. The molecule has 2 N–H and O–H groups in total. The average Bonchev–Trinajstić information content (AvgIpc) is 3.88. The second-order valence-corrected chi connectivity index (χ2v) is 17.3. The number of imidazole rings is 2. The van der Waals surface area contributed by atoms with Crippen molar-refractivity contribution in [2.45, 2.75) is 88.2 Å². The van der Waals surface area contributed by atoms with Crippen molar-refractivity contribution in [1.29, 1.82) is 0 Å². The van der Waals surface area contributed by atoms with Gasteiger partial charge in [-0.15, -0.1) is 0 Å². The van der Waals surface area contributed by atoms with Gasteiger partial charge in [-0.25, -0.2) is 19.6 Å². The van der Waals surface area contributed by atoms with Crippen molar-refractivity contribution in [2.75, 3.05) is 25.6 Å². The molecule has 0 bridgehead atoms. The van der Waals surface area contributed by atoms with E-state index in [2.05, 4.69) is 71.0 Å². The lowest BCUT2D eigenvalue weighted by Crippen LogP contribution is -2.37. The minimum Gasteiger partial charge on any atom is -0.444 e. The first-order valence-corrected chi connectivity index (χ1v) is 19.6. The summed E-state index contributed by atoms with van der Waals surface area (Å²) in [6.07, 6.45) is 8.89. The van der Waals surface area contributed by atoms with Crippen LogP contribution < -0.4 is 0 Å². The van der Waals surface area contributed by atoms with E-state index in [1.165, 1.54) is 0 Å². The molecule has 12 heteroatoms. The van der Waals surface area contributed by atoms with Gasteiger partial charge in [-0.1, -0.05) is 48.5 Å². The summed E-state index contributed by atoms with van der Waals surface area (Å²) in [5.74, 6) is 1.55. The zero-order valence-corrected chi connectivity index (χ0v) is 31.8. The number of carbonyl (C=O) groups is 2. The fourth-order valence-electron chi connectivity index (χ4n) is 6.49. The molecule has 6 rings (SSSR count). The van der Waals surface area contributed by atoms with Crippen molar-refractivity contribution in [3.8, 4) is 33.6 Å². The maximum atomic E-state index is 13.0. The molecule has 2 fully saturated rings. The fourth-order valence-corrected chi connectivity index (χ4v) is 7.86. The molecule has 2 aliphatic rings. The number of ether oxygens (including phenoxy) is 2. The second-order valence-electron chi connectivity index (χ2n) is 15.0. The first kappa shape index (κ1) is 35.9. The number of thioether (sulfide) groups is 2. The summed E-state index contributed by atoms with van der Waals surface area (Å²) in [5.41, 5.74) is 4.94. The summed E-state index contributed by atoms with van der Waals surface area (Å²) < 4.78 is 11.4. The Morgan fingerprint density at radius 3 is 1.30 bits per heavy atom. The van der Waals surface area contributed by atoms with E-state index in [9.17, 15) is 9.59 Å². The summed E-state index contributed by atoms with van der Waals surface area (Å²) in [5, 5.41) is 0.660. The van der Waals surface area contributed by atoms with Crippen LogP contribution in [0.25, 0.3) is 33.6 Å². The van der Waals surface area contributed by atoms with Crippen LogP contribution in [0.3, 0.4) is 0 Å². The highest BCUT2D eigenvalue weighted by Crippen LogP contribution is 2.39. The molecule has 2 aromatic carbocycles. The highest BCUT2D eigenvalue weighted by molar-refractivity contribution is 7.99. The van der Waals surface area contributed by atoms with E-state index in [-0.39, 0.29) is 24.3 Å². The third-order valence-corrected chi connectivity index (χ3v) is 11.0. The van der Waals surface area contributed by atoms with Gasteiger partial charge in [0.25, 0.3) is 0 Å². The fraction of sp³-hybridized carbons (Fsp3) is 0.474. The Bertz CT molecular complexity index is 1660. The van der Waals surface area contributed by atoms with Gasteiger partial charge in [-0.3, -0.25) is 9.80 Å². The van der Waals surface area contributed by atoms with E-state index in [0.717, 1.165) is 58.1 Å². The number of hydrogen-bond donors (Lipinski definition) is 2. The minimum absolute atomic E-state index is 0.158. The number of nitrogens with one attached hydrogen (secondary N) is 2. The number of nitrogens with zero attached hydrogens (tertiary/aromatic N) is 4. The number of carbonyl (C=O) groups excluding carboxylic acids is 2. The van der Waals surface area contributed by atoms with Crippen LogP contribution >= 0.6 is 23.5 Å². The molecule has 2 aromatic heterocycles. The number of aromatic nitrogens is 4. The van der Waals surface area contributed by atoms with E-state index >= 15 is 0 Å². The van der Waals surface area contributed by atoms with Crippen LogP contribution in [-0.4, -0.2) is 89.2 Å². The molecule has 0 radical (unpaired) electrons. The molecular formula is C38H48N6O4S2. The Labute approximate surface area is 303 Å². The zero-order chi connectivity index (χ0) is 35.8. The average molecular weight is 717 g/mol. The van der Waals surface area contributed by atoms with Gasteiger partial charge >= 0.3 is 12.2 Å². The second kappa shape index (κ2) is 14.4. The molecule has 4 aromatic rings. The molecule has 10 nitrogen and oxygen atoms in total. The Balaban J connectivity index is 1.13. The standard InChI is InChI=1S/C38H48N6O4S2/c1-37(2,3)47-35(45)43-21-27(49-7)17-31(43)33-39-19-29(41-33)25-13-9-23(10-14-25)24-11-15-26(16-12-24)30-20-40-34(42-30)32-18-28(50-8)22-44(32)36(46)48-38(4,5)6/h9-16,19-20,27-28,31-32H,17-18,21-22H2,1-8H3,(H,39,41)(H,40,42)/t27-,28-,31-,32-/m0/s1. The van der Waals surface area contributed by atoms with Crippen LogP contribution in [0, 0.1) is 0 Å². The molecule has 0 spiro atoms. The van der Waals surface area contributed by atoms with E-state index in [4.69, 9.17) is 19.4 Å². The molecule has 0 saturated carbocycles. The van der Waals surface area contributed by atoms with E-state index in [1.54, 1.807) is 33.3 Å². The third kappa shape index (κ3) is 8.18. The SMILES string of the molecule is CS[C@H]1C[C@@H](c2ncc(-c3ccc(-c4ccc(-c5cnc([C@@H]6C[C@H](SC)CN6C(=O)OC(C)(C)C)[nH]5)cc4)cc3)[nH]2)N(C(=O)OC(C)(C)C)C1. The summed E-state index contributed by atoms with van der Waals surface area (Å²) >= 11 is 3.54. The number of hydrogen-bond acceptors (Lipinski definition) is 8. The van der Waals surface area contributed by atoms with Crippen molar-refractivity contribution in [1.82, 2.24) is 29.7 Å². The van der Waals surface area contributed by atoms with Crippen molar-refractivity contribution in [2.24, 2.45) is 0 Å². The predicted octanol–water partition coefficient (Wildman–Crippen LogP) is 8.96. The number of likely N-dealkylation sites (tertiary alicyclic amines) is 2. The predicted molar refractivity (Wildman–Crippen MR) is 202 cm³/mol. The Morgan fingerprint density at radius 2 is 0.980 bits per heavy atom. The van der Waals surface area contributed by atoms with Gasteiger partial charge in [-0.2, -0.15) is 23.5 Å². The maximum absolute atomic E-state index is 13.0. The van der Waals surface area contributed by atoms with Gasteiger partial charge in [0.2, 0.25) is 0 Å². The van der Waals surface area contributed by atoms with Crippen LogP contribution in [0.5, 0.6) is 0 Å². The van der Waals surface area contributed by atoms with Crippen molar-refractivity contribution >= 4 is 35.7 Å². The van der Waals surface area contributed by atoms with Crippen molar-refractivity contribution in [3.63, 3.8) is 0 Å². The molecule has 266 valence electrons. The lowest BCUT2D eigenvalue weighted by Gasteiger charge is -2.27. The first-order chi connectivity index (χ1) is 23.7. The van der Waals surface area contributed by atoms with Crippen molar-refractivity contribution in [3.05, 3.63) is 72.6 Å². The zero-order valence-electron chi connectivity index (χ0n) is 30.1. The van der Waals surface area contributed by atoms with Crippen LogP contribution in [0.15, 0.2) is 60.9 Å². The lowest BCUT2D eigenvalue weighted by atomic mass is 10.0. The summed E-state index contributed by atoms with van der Waals surface area (Å²) in [6, 6.07) is 16.5. The van der Waals surface area contributed by atoms with Gasteiger partial charge in [0.15, 0.2) is 0 Å². The third-order valence-electron chi connectivity index (χ3n) is 9.00. The Hall–Kier alpha value is -3.90. The van der Waals surface area contributed by atoms with E-state index in [1.807, 2.05) is 53.9 Å². The van der Waals surface area contributed by atoms with Gasteiger partial charge in [0.1, 0.15) is 22.9 Å². The van der Waals surface area contributed by atoms with Crippen LogP contribution in [-0.2, 0) is 9.47 Å². The lowest BCUT2D eigenvalue weighted by molar-refractivity contribution is 0.0209. The first-order valence-electron chi connectivity index (χ1n) is 17.1. The molecule has 50 heavy (non-hydrogen) atoms. The molecule has 4 heterocycles. The number of rotatable bonds is 7. The van der Waals surface area contributed by atoms with Crippen molar-refractivity contribution < 1.29 is 19.1 Å². The molecule has 2 saturated heterocycles. The normalized spacial score (nSPS) is 21.1. The molecule has 2 amide bonds. The number of H-pyrrole nitrogens is 2. The highest BCUT2D eigenvalue weighted by Gasteiger charge is 2.41. The van der Waals surface area contributed by atoms with Gasteiger partial charge in [0.05, 0.1) is 35.9 Å². The molecular weight excluding hydrogens is 669 g/mol. The monoisotopic (exact) mass is 716 g/mol. The molecule has 0 unspecified atom stereocenters. The Morgan fingerprint density at radius 1 is 0.640 bits per heavy atom. The molecule has 4 atom stereocenters. The topological polar surface area (TPSA) is 116 Å². The highest BCUT2D eigenvalue weighted by atomic mass is 32.2. The number of amides is 2. The van der Waals surface area contributed by atoms with Gasteiger partial charge < -0.3 is 19.4 Å². The smallest absolute Gasteiger partial charge is 0.410 e. The number of aromatic amines is 2. The summed E-state index contributed by atoms with van der Waals surface area (Å²) in [6.45, 7) is 12.6. The van der Waals surface area contributed by atoms with Crippen LogP contribution in [0.4, 0.5) is 9.59 Å². The summed E-state index contributed by atoms with van der Waals surface area (Å²) in [7, 11) is 0. The largest absolute Gasteiger partial charge is 0.444 e. The minimum atomic E-state index is -0.557. The Kier molecular flexibility index (Phi) is 10.3. The van der Waals surface area contributed by atoms with Gasteiger partial charge in [0, 0.05) is 23.6 Å². The van der Waals surface area contributed by atoms with Crippen LogP contribution in [0.2, 0.25) is 0 Å². The summed E-state index contributed by atoms with van der Waals surface area (Å²) in [4.78, 5) is 46.1. The van der Waals surface area contributed by atoms with Crippen LogP contribution in [0.1, 0.15) is 78.1 Å². The van der Waals surface area contributed by atoms with E-state index < -0.39 is 11.2 Å². The molecule has 2 aliphatic heterocycles. The maximum Gasteiger partial charge on any atom is 0.410 e. The van der Waals surface area contributed by atoms with E-state index in [0.29, 0.717) is 23.6 Å². The van der Waals surface area contributed by atoms with Gasteiger partial charge in [-0.05, 0) is 89.1 Å². The quantitative estimate of drug-likeness (QED) is 0.195. The number of benzene rings is 2.